The van der Waals surface area contributed by atoms with Gasteiger partial charge < -0.3 is 0 Å². The summed E-state index contributed by atoms with van der Waals surface area (Å²) < 4.78 is 9.02. The first kappa shape index (κ1) is 18.3. The number of pyridine rings is 2. The zero-order valence-electron chi connectivity index (χ0n) is 17.6. The van der Waals surface area contributed by atoms with Crippen LogP contribution >= 0.6 is 0 Å². The maximum atomic E-state index is 2.33. The molecular weight excluding hydrogens is 320 g/mol. The summed E-state index contributed by atoms with van der Waals surface area (Å²) in [6, 6.07) is 4.47. The highest BCUT2D eigenvalue weighted by Gasteiger charge is 2.31. The van der Waals surface area contributed by atoms with Gasteiger partial charge in [-0.3, -0.25) is 0 Å². The van der Waals surface area contributed by atoms with Gasteiger partial charge in [-0.2, -0.15) is 4.57 Å². The monoisotopic (exact) mass is 351 g/mol. The lowest BCUT2D eigenvalue weighted by atomic mass is 10.00. The van der Waals surface area contributed by atoms with Crippen LogP contribution in [0.2, 0.25) is 0 Å². The van der Waals surface area contributed by atoms with Gasteiger partial charge in [0.15, 0.2) is 18.9 Å². The molecule has 0 bridgehead atoms. The first-order valence-electron chi connectivity index (χ1n) is 9.16. The van der Waals surface area contributed by atoms with E-state index >= 15 is 0 Å². The zero-order chi connectivity index (χ0) is 19.3. The standard InChI is InChI=1S/C22H31N4/c1-14-10-11-23(7)21(17(14)4)22-18(5)15(2)12-20(25(22)9)26-19(6)16(3)13-24(26)8/h10-13H,1-9H3/q+3. The molecule has 136 valence electrons. The average molecular weight is 352 g/mol. The first-order valence-corrected chi connectivity index (χ1v) is 9.16. The fourth-order valence-corrected chi connectivity index (χ4v) is 3.88. The lowest BCUT2D eigenvalue weighted by Crippen LogP contribution is -2.48. The molecule has 0 saturated heterocycles. The Labute approximate surface area is 157 Å². The van der Waals surface area contributed by atoms with Gasteiger partial charge in [-0.25, -0.2) is 4.57 Å². The largest absolute Gasteiger partial charge is 0.343 e. The molecule has 0 aliphatic carbocycles. The number of aromatic nitrogens is 4. The van der Waals surface area contributed by atoms with Crippen molar-refractivity contribution in [2.75, 3.05) is 0 Å². The van der Waals surface area contributed by atoms with Crippen molar-refractivity contribution in [3.8, 4) is 17.2 Å². The number of hydrogen-bond acceptors (Lipinski definition) is 0. The van der Waals surface area contributed by atoms with E-state index in [1.54, 1.807) is 0 Å². The number of aryl methyl sites for hydroxylation is 5. The Hall–Kier alpha value is -2.49. The van der Waals surface area contributed by atoms with E-state index in [1.165, 1.54) is 50.7 Å². The molecule has 0 aliphatic heterocycles. The van der Waals surface area contributed by atoms with E-state index in [0.29, 0.717) is 0 Å². The molecule has 3 heterocycles. The smallest absolute Gasteiger partial charge is 0.219 e. The molecule has 0 aliphatic rings. The summed E-state index contributed by atoms with van der Waals surface area (Å²) in [5.41, 5.74) is 10.4. The van der Waals surface area contributed by atoms with E-state index in [9.17, 15) is 0 Å². The highest BCUT2D eigenvalue weighted by molar-refractivity contribution is 5.60. The molecule has 0 N–H and O–H groups in total. The van der Waals surface area contributed by atoms with Crippen LogP contribution in [0.1, 0.15) is 33.5 Å². The summed E-state index contributed by atoms with van der Waals surface area (Å²) in [5, 5.41) is 0. The van der Waals surface area contributed by atoms with Gasteiger partial charge in [0.2, 0.25) is 11.9 Å². The molecule has 0 spiro atoms. The third-order valence-corrected chi connectivity index (χ3v) is 5.84. The van der Waals surface area contributed by atoms with E-state index in [1.807, 2.05) is 0 Å². The Bertz CT molecular complexity index is 1030. The second kappa shape index (κ2) is 6.35. The fraction of sp³-hybridized carbons (Fsp3) is 0.409. The molecule has 3 aromatic rings. The van der Waals surface area contributed by atoms with Gasteiger partial charge in [-0.1, -0.05) is 0 Å². The minimum atomic E-state index is 1.18. The molecule has 0 radical (unpaired) electrons. The second-order valence-corrected chi connectivity index (χ2v) is 7.58. The van der Waals surface area contributed by atoms with Crippen LogP contribution in [0.4, 0.5) is 0 Å². The highest BCUT2D eigenvalue weighted by atomic mass is 15.4. The summed E-state index contributed by atoms with van der Waals surface area (Å²) in [6.07, 6.45) is 4.34. The summed E-state index contributed by atoms with van der Waals surface area (Å²) >= 11 is 0. The van der Waals surface area contributed by atoms with Gasteiger partial charge >= 0.3 is 5.82 Å². The summed E-state index contributed by atoms with van der Waals surface area (Å²) in [4.78, 5) is 0. The van der Waals surface area contributed by atoms with E-state index in [2.05, 4.69) is 106 Å². The number of rotatable bonds is 2. The van der Waals surface area contributed by atoms with E-state index in [0.717, 1.165) is 0 Å². The van der Waals surface area contributed by atoms with E-state index < -0.39 is 0 Å². The van der Waals surface area contributed by atoms with Crippen molar-refractivity contribution < 1.29 is 13.8 Å². The lowest BCUT2D eigenvalue weighted by Gasteiger charge is -2.13. The van der Waals surface area contributed by atoms with Crippen molar-refractivity contribution in [2.24, 2.45) is 21.1 Å². The van der Waals surface area contributed by atoms with Crippen molar-refractivity contribution in [1.82, 2.24) is 4.68 Å². The van der Waals surface area contributed by atoms with Gasteiger partial charge in [0.1, 0.15) is 7.05 Å². The molecule has 0 unspecified atom stereocenters. The third kappa shape index (κ3) is 2.64. The van der Waals surface area contributed by atoms with Crippen LogP contribution in [0, 0.1) is 41.5 Å². The minimum Gasteiger partial charge on any atom is -0.219 e. The minimum absolute atomic E-state index is 1.18. The van der Waals surface area contributed by atoms with Crippen molar-refractivity contribution in [2.45, 2.75) is 41.5 Å². The van der Waals surface area contributed by atoms with Crippen molar-refractivity contribution in [3.05, 3.63) is 58.0 Å². The predicted octanol–water partition coefficient (Wildman–Crippen LogP) is 2.47. The van der Waals surface area contributed by atoms with Crippen LogP contribution in [0.15, 0.2) is 24.5 Å². The van der Waals surface area contributed by atoms with Crippen LogP contribution in [0.3, 0.4) is 0 Å². The van der Waals surface area contributed by atoms with Crippen molar-refractivity contribution >= 4 is 0 Å². The van der Waals surface area contributed by atoms with Crippen LogP contribution in [-0.2, 0) is 21.1 Å². The molecule has 3 rings (SSSR count). The number of nitrogens with zero attached hydrogens (tertiary/aromatic N) is 4. The molecule has 4 nitrogen and oxygen atoms in total. The van der Waals surface area contributed by atoms with Crippen LogP contribution in [0.25, 0.3) is 17.2 Å². The van der Waals surface area contributed by atoms with Crippen LogP contribution in [-0.4, -0.2) is 4.68 Å². The van der Waals surface area contributed by atoms with Gasteiger partial charge in [-0.05, 0) is 50.4 Å². The van der Waals surface area contributed by atoms with E-state index in [4.69, 9.17) is 0 Å². The quantitative estimate of drug-likeness (QED) is 0.631. The Balaban J connectivity index is 2.43. The molecule has 4 heteroatoms. The molecule has 0 atom stereocenters. The Morgan fingerprint density at radius 1 is 0.769 bits per heavy atom. The average Bonchev–Trinajstić information content (AvgIpc) is 2.83. The van der Waals surface area contributed by atoms with Gasteiger partial charge in [0.25, 0.3) is 5.69 Å². The second-order valence-electron chi connectivity index (χ2n) is 7.58. The molecule has 26 heavy (non-hydrogen) atoms. The maximum absolute atomic E-state index is 2.33. The topological polar surface area (TPSA) is 16.6 Å². The Morgan fingerprint density at radius 3 is 1.96 bits per heavy atom. The third-order valence-electron chi connectivity index (χ3n) is 5.84. The molecule has 0 amide bonds. The SMILES string of the molecule is Cc1cc[n+](C)c(-c2c(C)c(C)cc(-n3c(C)c(C)c[n+]3C)[n+]2C)c1C. The predicted molar refractivity (Wildman–Crippen MR) is 103 cm³/mol. The first-order chi connectivity index (χ1) is 12.1. The van der Waals surface area contributed by atoms with Gasteiger partial charge in [0, 0.05) is 34.9 Å². The summed E-state index contributed by atoms with van der Waals surface area (Å²) in [5.74, 6) is 1.18. The Kier molecular flexibility index (Phi) is 4.47. The Morgan fingerprint density at radius 2 is 1.38 bits per heavy atom. The zero-order valence-corrected chi connectivity index (χ0v) is 17.6. The molecule has 3 aromatic heterocycles. The fourth-order valence-electron chi connectivity index (χ4n) is 3.88. The lowest BCUT2D eigenvalue weighted by molar-refractivity contribution is -0.765. The van der Waals surface area contributed by atoms with Gasteiger partial charge in [0.05, 0.1) is 12.6 Å². The van der Waals surface area contributed by atoms with Crippen molar-refractivity contribution in [3.63, 3.8) is 0 Å². The van der Waals surface area contributed by atoms with Crippen LogP contribution < -0.4 is 13.8 Å². The molecule has 0 fully saturated rings. The summed E-state index contributed by atoms with van der Waals surface area (Å²) in [7, 11) is 6.41. The maximum Gasteiger partial charge on any atom is 0.343 e. The number of hydrogen-bond donors (Lipinski definition) is 0. The van der Waals surface area contributed by atoms with Gasteiger partial charge in [-0.15, -0.1) is 0 Å². The molecule has 0 aromatic carbocycles. The summed E-state index contributed by atoms with van der Waals surface area (Å²) in [6.45, 7) is 13.2. The van der Waals surface area contributed by atoms with E-state index in [-0.39, 0.29) is 0 Å². The molecular formula is C22H31N4+3. The van der Waals surface area contributed by atoms with Crippen molar-refractivity contribution in [1.29, 1.82) is 0 Å². The normalized spacial score (nSPS) is 11.3. The van der Waals surface area contributed by atoms with Crippen LogP contribution in [0.5, 0.6) is 0 Å². The molecule has 0 saturated carbocycles. The highest BCUT2D eigenvalue weighted by Crippen LogP contribution is 2.25.